The second-order valence-electron chi connectivity index (χ2n) is 7.00. The van der Waals surface area contributed by atoms with Crippen molar-refractivity contribution in [2.45, 2.75) is 5.92 Å². The molecule has 0 amide bonds. The molecule has 5 heterocycles. The number of carbonyl (C=O) groups is 1. The van der Waals surface area contributed by atoms with Gasteiger partial charge >= 0.3 is 5.97 Å². The minimum Gasteiger partial charge on any atom is -0.477 e. The number of aryl methyl sites for hydroxylation is 1. The molecule has 0 saturated carbocycles. The molecule has 1 fully saturated rings. The average Bonchev–Trinajstić information content (AvgIpc) is 3.34. The van der Waals surface area contributed by atoms with E-state index < -0.39 is 22.8 Å². The Morgan fingerprint density at radius 2 is 2.10 bits per heavy atom. The van der Waals surface area contributed by atoms with Crippen molar-refractivity contribution in [2.75, 3.05) is 18.0 Å². The van der Waals surface area contributed by atoms with E-state index in [4.69, 9.17) is 0 Å². The van der Waals surface area contributed by atoms with Crippen LogP contribution >= 0.6 is 11.5 Å². The molecule has 1 aliphatic heterocycles. The van der Waals surface area contributed by atoms with E-state index in [-0.39, 0.29) is 22.8 Å². The highest BCUT2D eigenvalue weighted by Crippen LogP contribution is 2.32. The summed E-state index contributed by atoms with van der Waals surface area (Å²) < 4.78 is 22.0. The molecule has 4 aromatic heterocycles. The summed E-state index contributed by atoms with van der Waals surface area (Å²) in [6, 6.07) is 1.04. The molecule has 1 N–H and O–H groups in total. The predicted octanol–water partition coefficient (Wildman–Crippen LogP) is 1.41. The van der Waals surface area contributed by atoms with E-state index in [2.05, 4.69) is 19.3 Å². The number of hydrogen-bond donors (Lipinski definition) is 1. The molecule has 0 bridgehead atoms. The van der Waals surface area contributed by atoms with E-state index in [0.717, 1.165) is 29.5 Å². The van der Waals surface area contributed by atoms with Crippen LogP contribution in [0.1, 0.15) is 22.0 Å². The first-order chi connectivity index (χ1) is 14.4. The summed E-state index contributed by atoms with van der Waals surface area (Å²) in [5.74, 6) is -1.85. The first-order valence-corrected chi connectivity index (χ1v) is 9.68. The average molecular weight is 427 g/mol. The predicted molar refractivity (Wildman–Crippen MR) is 106 cm³/mol. The second kappa shape index (κ2) is 6.69. The van der Waals surface area contributed by atoms with Gasteiger partial charge in [-0.15, -0.1) is 0 Å². The highest BCUT2D eigenvalue weighted by atomic mass is 32.1. The lowest BCUT2D eigenvalue weighted by Crippen LogP contribution is -2.46. The standard InChI is InChI=1S/C18H14FN7O3S/c1-24-6-13(21-8-24)9-3-25(4-9)16-12(19)2-10-14(27)11(17(28)29)5-26(15(10)23-16)18-20-7-22-30-18/h2,5-9H,3-4H2,1H3,(H,28,29). The van der Waals surface area contributed by atoms with Gasteiger partial charge in [0.25, 0.3) is 0 Å². The SMILES string of the molecule is Cn1cnc(C2CN(c3nc4c(cc3F)c(=O)c(C(=O)O)cn4-c3ncns3)C2)c1. The largest absolute Gasteiger partial charge is 0.477 e. The Labute approximate surface area is 172 Å². The van der Waals surface area contributed by atoms with E-state index >= 15 is 0 Å². The van der Waals surface area contributed by atoms with Crippen LogP contribution in [0.4, 0.5) is 10.2 Å². The van der Waals surface area contributed by atoms with Gasteiger partial charge in [0, 0.05) is 50.0 Å². The molecule has 0 spiro atoms. The number of pyridine rings is 2. The molecule has 0 atom stereocenters. The Balaban J connectivity index is 1.61. The minimum absolute atomic E-state index is 0.0930. The summed E-state index contributed by atoms with van der Waals surface area (Å²) in [5.41, 5.74) is -0.247. The van der Waals surface area contributed by atoms with Crippen molar-refractivity contribution in [3.05, 3.63) is 58.4 Å². The molecule has 0 radical (unpaired) electrons. The Morgan fingerprint density at radius 1 is 1.30 bits per heavy atom. The van der Waals surface area contributed by atoms with Gasteiger partial charge in [0.1, 0.15) is 11.9 Å². The number of aromatic carboxylic acids is 1. The molecule has 0 unspecified atom stereocenters. The molecule has 0 aliphatic carbocycles. The molecule has 4 aromatic rings. The lowest BCUT2D eigenvalue weighted by atomic mass is 9.97. The summed E-state index contributed by atoms with van der Waals surface area (Å²) in [4.78, 5) is 38.6. The molecule has 1 saturated heterocycles. The van der Waals surface area contributed by atoms with Crippen molar-refractivity contribution in [3.8, 4) is 5.13 Å². The molecule has 1 aliphatic rings. The van der Waals surface area contributed by atoms with Crippen LogP contribution in [-0.2, 0) is 7.05 Å². The highest BCUT2D eigenvalue weighted by Gasteiger charge is 2.33. The molecular formula is C18H14FN7O3S. The number of carboxylic acid groups (broad SMARTS) is 1. The van der Waals surface area contributed by atoms with Crippen LogP contribution in [0.3, 0.4) is 0 Å². The molecule has 10 nitrogen and oxygen atoms in total. The number of hydrogen-bond acceptors (Lipinski definition) is 8. The van der Waals surface area contributed by atoms with Crippen LogP contribution in [0, 0.1) is 5.82 Å². The van der Waals surface area contributed by atoms with Crippen LogP contribution in [0.2, 0.25) is 0 Å². The lowest BCUT2D eigenvalue weighted by molar-refractivity contribution is 0.0695. The third-order valence-electron chi connectivity index (χ3n) is 5.02. The number of nitrogens with zero attached hydrogens (tertiary/aromatic N) is 7. The fourth-order valence-corrected chi connectivity index (χ4v) is 4.00. The maximum atomic E-state index is 14.9. The zero-order valence-electron chi connectivity index (χ0n) is 15.6. The van der Waals surface area contributed by atoms with Crippen molar-refractivity contribution >= 4 is 34.4 Å². The summed E-state index contributed by atoms with van der Waals surface area (Å²) in [5, 5.41) is 9.56. The van der Waals surface area contributed by atoms with Gasteiger partial charge in [-0.2, -0.15) is 4.37 Å². The Kier molecular flexibility index (Phi) is 4.10. The number of imidazole rings is 1. The van der Waals surface area contributed by atoms with Crippen LogP contribution < -0.4 is 10.3 Å². The third-order valence-corrected chi connectivity index (χ3v) is 5.69. The van der Waals surface area contributed by atoms with Gasteiger partial charge in [0.2, 0.25) is 10.6 Å². The Hall–Kier alpha value is -3.67. The van der Waals surface area contributed by atoms with Crippen molar-refractivity contribution in [2.24, 2.45) is 7.05 Å². The van der Waals surface area contributed by atoms with Crippen molar-refractivity contribution in [1.82, 2.24) is 28.5 Å². The van der Waals surface area contributed by atoms with Gasteiger partial charge in [-0.25, -0.2) is 24.1 Å². The third kappa shape index (κ3) is 2.84. The van der Waals surface area contributed by atoms with E-state index in [1.165, 1.54) is 10.9 Å². The van der Waals surface area contributed by atoms with E-state index in [1.807, 2.05) is 17.8 Å². The molecular weight excluding hydrogens is 413 g/mol. The number of carboxylic acids is 1. The van der Waals surface area contributed by atoms with Gasteiger partial charge in [0.05, 0.1) is 17.4 Å². The molecule has 12 heteroatoms. The number of halogens is 1. The molecule has 5 rings (SSSR count). The van der Waals surface area contributed by atoms with Crippen molar-refractivity contribution in [1.29, 1.82) is 0 Å². The van der Waals surface area contributed by atoms with Crippen LogP contribution in [0.25, 0.3) is 16.2 Å². The van der Waals surface area contributed by atoms with Crippen LogP contribution in [0.5, 0.6) is 0 Å². The van der Waals surface area contributed by atoms with E-state index in [9.17, 15) is 19.1 Å². The lowest BCUT2D eigenvalue weighted by Gasteiger charge is -2.39. The van der Waals surface area contributed by atoms with E-state index in [0.29, 0.717) is 18.2 Å². The molecule has 152 valence electrons. The first-order valence-electron chi connectivity index (χ1n) is 8.91. The maximum Gasteiger partial charge on any atom is 0.341 e. The van der Waals surface area contributed by atoms with Crippen LogP contribution in [0.15, 0.2) is 35.9 Å². The number of anilines is 1. The minimum atomic E-state index is -1.41. The van der Waals surface area contributed by atoms with Gasteiger partial charge in [-0.05, 0) is 6.07 Å². The monoisotopic (exact) mass is 427 g/mol. The Bertz CT molecular complexity index is 1340. The summed E-state index contributed by atoms with van der Waals surface area (Å²) in [6.45, 7) is 1.06. The smallest absolute Gasteiger partial charge is 0.341 e. The van der Waals surface area contributed by atoms with Gasteiger partial charge < -0.3 is 14.6 Å². The normalized spacial score (nSPS) is 14.3. The topological polar surface area (TPSA) is 119 Å². The number of fused-ring (bicyclic) bond motifs is 1. The number of rotatable bonds is 4. The van der Waals surface area contributed by atoms with Crippen LogP contribution in [-0.4, -0.2) is 52.6 Å². The zero-order valence-corrected chi connectivity index (χ0v) is 16.4. The summed E-state index contributed by atoms with van der Waals surface area (Å²) >= 11 is 1.00. The van der Waals surface area contributed by atoms with Gasteiger partial charge in [-0.1, -0.05) is 0 Å². The first kappa shape index (κ1) is 18.4. The fraction of sp³-hybridized carbons (Fsp3) is 0.222. The summed E-state index contributed by atoms with van der Waals surface area (Å²) in [7, 11) is 1.88. The molecule has 0 aromatic carbocycles. The Morgan fingerprint density at radius 3 is 2.73 bits per heavy atom. The van der Waals surface area contributed by atoms with Crippen molar-refractivity contribution in [3.63, 3.8) is 0 Å². The fourth-order valence-electron chi connectivity index (χ4n) is 3.49. The zero-order chi connectivity index (χ0) is 21.0. The van der Waals surface area contributed by atoms with Gasteiger partial charge in [-0.3, -0.25) is 9.36 Å². The quantitative estimate of drug-likeness (QED) is 0.519. The van der Waals surface area contributed by atoms with Gasteiger partial charge in [0.15, 0.2) is 17.3 Å². The number of aromatic nitrogens is 6. The summed E-state index contributed by atoms with van der Waals surface area (Å²) in [6.07, 6.45) is 6.09. The maximum absolute atomic E-state index is 14.9. The van der Waals surface area contributed by atoms with E-state index in [1.54, 1.807) is 11.2 Å². The molecule has 30 heavy (non-hydrogen) atoms. The van der Waals surface area contributed by atoms with Crippen molar-refractivity contribution < 1.29 is 14.3 Å². The highest BCUT2D eigenvalue weighted by molar-refractivity contribution is 7.08. The second-order valence-corrected chi connectivity index (χ2v) is 7.76.